The lowest BCUT2D eigenvalue weighted by atomic mass is 10.3. The lowest BCUT2D eigenvalue weighted by Gasteiger charge is -2.15. The van der Waals surface area contributed by atoms with Crippen molar-refractivity contribution in [2.45, 2.75) is 13.2 Å². The highest BCUT2D eigenvalue weighted by molar-refractivity contribution is 7.15. The number of hydrogen-bond donors (Lipinski definition) is 1. The zero-order valence-electron chi connectivity index (χ0n) is 11.5. The zero-order chi connectivity index (χ0) is 13.7. The zero-order valence-corrected chi connectivity index (χ0v) is 12.3. The molecule has 0 aliphatic heterocycles. The molecule has 0 aliphatic rings. The second kappa shape index (κ2) is 6.65. The van der Waals surface area contributed by atoms with Gasteiger partial charge in [0.05, 0.1) is 12.3 Å². The molecule has 0 spiro atoms. The van der Waals surface area contributed by atoms with E-state index in [-0.39, 0.29) is 0 Å². The van der Waals surface area contributed by atoms with Crippen LogP contribution in [0, 0.1) is 0 Å². The molecule has 2 rings (SSSR count). The third-order valence-corrected chi connectivity index (χ3v) is 3.99. The summed E-state index contributed by atoms with van der Waals surface area (Å²) >= 11 is 1.70. The van der Waals surface area contributed by atoms with E-state index in [2.05, 4.69) is 27.3 Å². The SMILES string of the molecule is CNCc1sc(N(C)c2ccccc2)nc1COC. The normalized spacial score (nSPS) is 10.7. The van der Waals surface area contributed by atoms with Crippen LogP contribution in [0.2, 0.25) is 0 Å². The molecule has 1 aromatic carbocycles. The molecule has 1 aromatic heterocycles. The van der Waals surface area contributed by atoms with E-state index < -0.39 is 0 Å². The summed E-state index contributed by atoms with van der Waals surface area (Å²) in [6.07, 6.45) is 0. The Morgan fingerprint density at radius 2 is 2.05 bits per heavy atom. The number of rotatable bonds is 6. The smallest absolute Gasteiger partial charge is 0.190 e. The minimum Gasteiger partial charge on any atom is -0.378 e. The van der Waals surface area contributed by atoms with Gasteiger partial charge in [0, 0.05) is 31.3 Å². The number of benzene rings is 1. The molecule has 2 aromatic rings. The van der Waals surface area contributed by atoms with Crippen molar-refractivity contribution >= 4 is 22.2 Å². The molecule has 0 fully saturated rings. The highest BCUT2D eigenvalue weighted by Crippen LogP contribution is 2.30. The van der Waals surface area contributed by atoms with Crippen molar-refractivity contribution in [3.8, 4) is 0 Å². The summed E-state index contributed by atoms with van der Waals surface area (Å²) in [5.74, 6) is 0. The van der Waals surface area contributed by atoms with E-state index in [0.717, 1.165) is 23.1 Å². The van der Waals surface area contributed by atoms with Gasteiger partial charge in [0.1, 0.15) is 0 Å². The maximum atomic E-state index is 5.21. The maximum absolute atomic E-state index is 5.21. The van der Waals surface area contributed by atoms with Gasteiger partial charge in [-0.05, 0) is 19.2 Å². The molecule has 102 valence electrons. The van der Waals surface area contributed by atoms with Crippen LogP contribution in [0.5, 0.6) is 0 Å². The first-order valence-electron chi connectivity index (χ1n) is 6.17. The average molecular weight is 277 g/mol. The van der Waals surface area contributed by atoms with Gasteiger partial charge >= 0.3 is 0 Å². The topological polar surface area (TPSA) is 37.4 Å². The van der Waals surface area contributed by atoms with Crippen LogP contribution in [0.15, 0.2) is 30.3 Å². The number of methoxy groups -OCH3 is 1. The highest BCUT2D eigenvalue weighted by atomic mass is 32.1. The first kappa shape index (κ1) is 14.0. The molecule has 0 saturated carbocycles. The van der Waals surface area contributed by atoms with Crippen molar-refractivity contribution in [2.75, 3.05) is 26.1 Å². The fourth-order valence-corrected chi connectivity index (χ4v) is 2.88. The second-order valence-electron chi connectivity index (χ2n) is 4.22. The molecule has 1 heterocycles. The Bertz CT molecular complexity index is 489. The molecule has 0 amide bonds. The minimum atomic E-state index is 0.552. The molecule has 0 aliphatic carbocycles. The van der Waals surface area contributed by atoms with E-state index in [9.17, 15) is 0 Å². The number of aromatic nitrogens is 1. The van der Waals surface area contributed by atoms with E-state index in [1.54, 1.807) is 18.4 Å². The Morgan fingerprint density at radius 3 is 2.68 bits per heavy atom. The van der Waals surface area contributed by atoms with Crippen LogP contribution in [0.25, 0.3) is 0 Å². The average Bonchev–Trinajstić information content (AvgIpc) is 2.83. The molecule has 0 saturated heterocycles. The number of para-hydroxylation sites is 1. The quantitative estimate of drug-likeness (QED) is 0.881. The van der Waals surface area contributed by atoms with Gasteiger partial charge in [-0.2, -0.15) is 0 Å². The van der Waals surface area contributed by atoms with Gasteiger partial charge in [0.15, 0.2) is 5.13 Å². The minimum absolute atomic E-state index is 0.552. The Kier molecular flexibility index (Phi) is 4.90. The van der Waals surface area contributed by atoms with Gasteiger partial charge in [0.2, 0.25) is 0 Å². The lowest BCUT2D eigenvalue weighted by molar-refractivity contribution is 0.181. The number of anilines is 2. The first-order valence-corrected chi connectivity index (χ1v) is 6.98. The molecule has 0 atom stereocenters. The number of ether oxygens (including phenoxy) is 1. The molecule has 1 N–H and O–H groups in total. The Hall–Kier alpha value is -1.43. The van der Waals surface area contributed by atoms with Crippen molar-refractivity contribution in [3.05, 3.63) is 40.9 Å². The van der Waals surface area contributed by atoms with Gasteiger partial charge in [-0.1, -0.05) is 29.5 Å². The molecular formula is C14H19N3OS. The van der Waals surface area contributed by atoms with Gasteiger partial charge in [0.25, 0.3) is 0 Å². The Morgan fingerprint density at radius 1 is 1.32 bits per heavy atom. The van der Waals surface area contributed by atoms with Crippen LogP contribution in [0.3, 0.4) is 0 Å². The van der Waals surface area contributed by atoms with Crippen LogP contribution in [0.1, 0.15) is 10.6 Å². The summed E-state index contributed by atoms with van der Waals surface area (Å²) in [7, 11) is 5.67. The molecular weight excluding hydrogens is 258 g/mol. The largest absolute Gasteiger partial charge is 0.378 e. The van der Waals surface area contributed by atoms with E-state index in [1.807, 2.05) is 32.3 Å². The monoisotopic (exact) mass is 277 g/mol. The molecule has 4 nitrogen and oxygen atoms in total. The summed E-state index contributed by atoms with van der Waals surface area (Å²) < 4.78 is 5.21. The summed E-state index contributed by atoms with van der Waals surface area (Å²) in [5, 5.41) is 4.16. The summed E-state index contributed by atoms with van der Waals surface area (Å²) in [6.45, 7) is 1.37. The van der Waals surface area contributed by atoms with Crippen molar-refractivity contribution in [1.82, 2.24) is 10.3 Å². The molecule has 5 heteroatoms. The third-order valence-electron chi connectivity index (χ3n) is 2.82. The fraction of sp³-hybridized carbons (Fsp3) is 0.357. The van der Waals surface area contributed by atoms with E-state index in [1.165, 1.54) is 4.88 Å². The standard InChI is InChI=1S/C14H19N3OS/c1-15-9-13-12(10-18-3)16-14(19-13)17(2)11-7-5-4-6-8-11/h4-8,15H,9-10H2,1-3H3. The second-order valence-corrected chi connectivity index (χ2v) is 5.29. The lowest BCUT2D eigenvalue weighted by Crippen LogP contribution is -2.08. The summed E-state index contributed by atoms with van der Waals surface area (Å²) in [5.41, 5.74) is 2.15. The Labute approximate surface area is 118 Å². The molecule has 0 unspecified atom stereocenters. The van der Waals surface area contributed by atoms with Crippen molar-refractivity contribution in [3.63, 3.8) is 0 Å². The van der Waals surface area contributed by atoms with Crippen LogP contribution >= 0.6 is 11.3 Å². The van der Waals surface area contributed by atoms with Gasteiger partial charge in [-0.3, -0.25) is 0 Å². The number of nitrogens with one attached hydrogen (secondary N) is 1. The van der Waals surface area contributed by atoms with E-state index >= 15 is 0 Å². The molecule has 19 heavy (non-hydrogen) atoms. The highest BCUT2D eigenvalue weighted by Gasteiger charge is 2.14. The van der Waals surface area contributed by atoms with Gasteiger partial charge < -0.3 is 15.0 Å². The maximum Gasteiger partial charge on any atom is 0.190 e. The Balaban J connectivity index is 2.27. The summed E-state index contributed by atoms with van der Waals surface area (Å²) in [6, 6.07) is 10.2. The predicted molar refractivity (Wildman–Crippen MR) is 80.1 cm³/mol. The van der Waals surface area contributed by atoms with Gasteiger partial charge in [-0.15, -0.1) is 0 Å². The number of nitrogens with zero attached hydrogens (tertiary/aromatic N) is 2. The van der Waals surface area contributed by atoms with Crippen molar-refractivity contribution < 1.29 is 4.74 Å². The predicted octanol–water partition coefficient (Wildman–Crippen LogP) is 2.78. The molecule has 0 bridgehead atoms. The summed E-state index contributed by atoms with van der Waals surface area (Å²) in [4.78, 5) is 8.00. The molecule has 0 radical (unpaired) electrons. The van der Waals surface area contributed by atoms with Crippen molar-refractivity contribution in [2.24, 2.45) is 0 Å². The fourth-order valence-electron chi connectivity index (χ4n) is 1.82. The number of hydrogen-bond acceptors (Lipinski definition) is 5. The van der Waals surface area contributed by atoms with Crippen LogP contribution in [-0.2, 0) is 17.9 Å². The number of thiazole rings is 1. The first-order chi connectivity index (χ1) is 9.26. The third kappa shape index (κ3) is 3.32. The van der Waals surface area contributed by atoms with Crippen LogP contribution in [-0.4, -0.2) is 26.2 Å². The van der Waals surface area contributed by atoms with Gasteiger partial charge in [-0.25, -0.2) is 4.98 Å². The van der Waals surface area contributed by atoms with Crippen LogP contribution < -0.4 is 10.2 Å². The van der Waals surface area contributed by atoms with E-state index in [4.69, 9.17) is 4.74 Å². The van der Waals surface area contributed by atoms with Crippen molar-refractivity contribution in [1.29, 1.82) is 0 Å². The van der Waals surface area contributed by atoms with Crippen LogP contribution in [0.4, 0.5) is 10.8 Å². The van der Waals surface area contributed by atoms with E-state index in [0.29, 0.717) is 6.61 Å².